The lowest BCUT2D eigenvalue weighted by Gasteiger charge is -2.28. The van der Waals surface area contributed by atoms with Gasteiger partial charge in [-0.15, -0.1) is 0 Å². The summed E-state index contributed by atoms with van der Waals surface area (Å²) >= 11 is 0. The smallest absolute Gasteiger partial charge is 0.147 e. The van der Waals surface area contributed by atoms with E-state index < -0.39 is 0 Å². The fraction of sp³-hybridized carbons (Fsp3) is 0.714. The van der Waals surface area contributed by atoms with Crippen LogP contribution in [0.25, 0.3) is 0 Å². The van der Waals surface area contributed by atoms with E-state index in [2.05, 4.69) is 27.2 Å². The first-order chi connectivity index (χ1) is 8.81. The zero-order chi connectivity index (χ0) is 12.8. The summed E-state index contributed by atoms with van der Waals surface area (Å²) in [6.07, 6.45) is 11.7. The van der Waals surface area contributed by atoms with Crippen LogP contribution in [0.1, 0.15) is 44.2 Å². The highest BCUT2D eigenvalue weighted by atomic mass is 15.2. The molecule has 4 nitrogen and oxygen atoms in total. The van der Waals surface area contributed by atoms with Gasteiger partial charge >= 0.3 is 0 Å². The molecule has 0 atom stereocenters. The average Bonchev–Trinajstić information content (AvgIpc) is 2.67. The largest absolute Gasteiger partial charge is 0.355 e. The monoisotopic (exact) mass is 248 g/mol. The number of rotatable bonds is 4. The van der Waals surface area contributed by atoms with Crippen molar-refractivity contribution in [3.8, 4) is 0 Å². The highest BCUT2D eigenvalue weighted by molar-refractivity contribution is 5.36. The number of nitrogens with zero attached hydrogens (tertiary/aromatic N) is 3. The van der Waals surface area contributed by atoms with Crippen molar-refractivity contribution in [1.29, 1.82) is 0 Å². The third-order valence-electron chi connectivity index (χ3n) is 3.76. The minimum Gasteiger partial charge on any atom is -0.355 e. The summed E-state index contributed by atoms with van der Waals surface area (Å²) in [4.78, 5) is 11.3. The van der Waals surface area contributed by atoms with Gasteiger partial charge in [0, 0.05) is 25.8 Å². The molecule has 0 aromatic carbocycles. The van der Waals surface area contributed by atoms with Crippen LogP contribution in [0.4, 0.5) is 5.82 Å². The second kappa shape index (κ2) is 6.69. The summed E-state index contributed by atoms with van der Waals surface area (Å²) in [7, 11) is 4.09. The maximum absolute atomic E-state index is 4.67. The van der Waals surface area contributed by atoms with Gasteiger partial charge < -0.3 is 10.2 Å². The number of hydrogen-bond donors (Lipinski definition) is 1. The lowest BCUT2D eigenvalue weighted by Crippen LogP contribution is -2.32. The normalized spacial score (nSPS) is 17.4. The number of nitrogens with one attached hydrogen (secondary N) is 1. The van der Waals surface area contributed by atoms with Crippen LogP contribution in [0.5, 0.6) is 0 Å². The molecule has 18 heavy (non-hydrogen) atoms. The molecule has 0 radical (unpaired) electrons. The first kappa shape index (κ1) is 13.3. The second-order valence-electron chi connectivity index (χ2n) is 5.16. The van der Waals surface area contributed by atoms with Gasteiger partial charge in [0.15, 0.2) is 0 Å². The van der Waals surface area contributed by atoms with Crippen molar-refractivity contribution in [3.63, 3.8) is 0 Å². The molecule has 0 saturated heterocycles. The summed E-state index contributed by atoms with van der Waals surface area (Å²) < 4.78 is 0. The minimum atomic E-state index is 0.631. The molecule has 1 fully saturated rings. The highest BCUT2D eigenvalue weighted by Crippen LogP contribution is 2.23. The van der Waals surface area contributed by atoms with Crippen molar-refractivity contribution in [1.82, 2.24) is 15.3 Å². The zero-order valence-electron chi connectivity index (χ0n) is 11.5. The van der Waals surface area contributed by atoms with E-state index in [1.54, 1.807) is 0 Å². The molecule has 0 spiro atoms. The predicted octanol–water partition coefficient (Wildman–Crippen LogP) is 2.36. The van der Waals surface area contributed by atoms with Gasteiger partial charge in [-0.3, -0.25) is 4.98 Å². The maximum Gasteiger partial charge on any atom is 0.147 e. The zero-order valence-corrected chi connectivity index (χ0v) is 11.5. The summed E-state index contributed by atoms with van der Waals surface area (Å²) in [6.45, 7) is 0.777. The van der Waals surface area contributed by atoms with Crippen molar-refractivity contribution in [2.45, 2.75) is 51.1 Å². The quantitative estimate of drug-likeness (QED) is 0.831. The minimum absolute atomic E-state index is 0.631. The Bertz CT molecular complexity index is 359. The molecule has 0 bridgehead atoms. The second-order valence-corrected chi connectivity index (χ2v) is 5.16. The van der Waals surface area contributed by atoms with Crippen LogP contribution < -0.4 is 10.2 Å². The lowest BCUT2D eigenvalue weighted by molar-refractivity contribution is 0.547. The van der Waals surface area contributed by atoms with E-state index in [1.165, 1.54) is 38.5 Å². The van der Waals surface area contributed by atoms with Gasteiger partial charge in [0.05, 0.1) is 11.9 Å². The molecule has 2 rings (SSSR count). The Morgan fingerprint density at radius 2 is 1.94 bits per heavy atom. The third-order valence-corrected chi connectivity index (χ3v) is 3.76. The molecule has 1 heterocycles. The molecule has 1 aromatic rings. The third kappa shape index (κ3) is 3.42. The molecule has 0 amide bonds. The summed E-state index contributed by atoms with van der Waals surface area (Å²) in [5.74, 6) is 1.01. The van der Waals surface area contributed by atoms with Crippen LogP contribution >= 0.6 is 0 Å². The standard InChI is InChI=1S/C14H24N4/c1-15-9-12-10-16-11-14(17-12)18(2)13-7-5-3-4-6-8-13/h10-11,13,15H,3-9H2,1-2H3. The first-order valence-electron chi connectivity index (χ1n) is 6.99. The molecule has 4 heteroatoms. The highest BCUT2D eigenvalue weighted by Gasteiger charge is 2.18. The summed E-state index contributed by atoms with van der Waals surface area (Å²) in [5.41, 5.74) is 1.01. The topological polar surface area (TPSA) is 41.1 Å². The van der Waals surface area contributed by atoms with Crippen LogP contribution in [-0.4, -0.2) is 30.1 Å². The van der Waals surface area contributed by atoms with Gasteiger partial charge in [-0.1, -0.05) is 25.7 Å². The van der Waals surface area contributed by atoms with E-state index in [0.717, 1.165) is 18.1 Å². The van der Waals surface area contributed by atoms with E-state index in [0.29, 0.717) is 6.04 Å². The van der Waals surface area contributed by atoms with Crippen molar-refractivity contribution in [2.75, 3.05) is 19.0 Å². The fourth-order valence-electron chi connectivity index (χ4n) is 2.66. The van der Waals surface area contributed by atoms with Crippen LogP contribution in [-0.2, 0) is 6.54 Å². The van der Waals surface area contributed by atoms with E-state index in [-0.39, 0.29) is 0 Å². The maximum atomic E-state index is 4.67. The Morgan fingerprint density at radius 1 is 1.22 bits per heavy atom. The first-order valence-corrected chi connectivity index (χ1v) is 6.99. The SMILES string of the molecule is CNCc1cncc(N(C)C2CCCCCC2)n1. The summed E-state index contributed by atoms with van der Waals surface area (Å²) in [6, 6.07) is 0.631. The van der Waals surface area contributed by atoms with E-state index in [4.69, 9.17) is 0 Å². The molecule has 1 aliphatic carbocycles. The molecule has 1 saturated carbocycles. The predicted molar refractivity (Wildman–Crippen MR) is 74.7 cm³/mol. The van der Waals surface area contributed by atoms with Crippen molar-refractivity contribution < 1.29 is 0 Å². The fourth-order valence-corrected chi connectivity index (χ4v) is 2.66. The van der Waals surface area contributed by atoms with Crippen molar-refractivity contribution in [2.24, 2.45) is 0 Å². The van der Waals surface area contributed by atoms with Gasteiger partial charge in [-0.05, 0) is 19.9 Å². The summed E-state index contributed by atoms with van der Waals surface area (Å²) in [5, 5.41) is 3.12. The van der Waals surface area contributed by atoms with Crippen LogP contribution in [0.2, 0.25) is 0 Å². The van der Waals surface area contributed by atoms with Gasteiger partial charge in [0.25, 0.3) is 0 Å². The van der Waals surface area contributed by atoms with E-state index in [9.17, 15) is 0 Å². The number of hydrogen-bond acceptors (Lipinski definition) is 4. The van der Waals surface area contributed by atoms with Gasteiger partial charge in [0.2, 0.25) is 0 Å². The molecule has 1 aliphatic rings. The van der Waals surface area contributed by atoms with Gasteiger partial charge in [-0.2, -0.15) is 0 Å². The Morgan fingerprint density at radius 3 is 2.61 bits per heavy atom. The van der Waals surface area contributed by atoms with Crippen molar-refractivity contribution >= 4 is 5.82 Å². The van der Waals surface area contributed by atoms with E-state index >= 15 is 0 Å². The van der Waals surface area contributed by atoms with E-state index in [1.807, 2.05) is 19.4 Å². The van der Waals surface area contributed by atoms with Gasteiger partial charge in [0.1, 0.15) is 5.82 Å². The number of aromatic nitrogens is 2. The van der Waals surface area contributed by atoms with Crippen LogP contribution in [0.15, 0.2) is 12.4 Å². The molecular weight excluding hydrogens is 224 g/mol. The van der Waals surface area contributed by atoms with Crippen LogP contribution in [0.3, 0.4) is 0 Å². The molecular formula is C14H24N4. The Labute approximate surface area is 110 Å². The molecule has 100 valence electrons. The molecule has 0 unspecified atom stereocenters. The number of anilines is 1. The molecule has 0 aliphatic heterocycles. The molecule has 1 N–H and O–H groups in total. The Hall–Kier alpha value is -1.16. The molecule has 1 aromatic heterocycles. The van der Waals surface area contributed by atoms with Crippen molar-refractivity contribution in [3.05, 3.63) is 18.1 Å². The average molecular weight is 248 g/mol. The Balaban J connectivity index is 2.06. The lowest BCUT2D eigenvalue weighted by atomic mass is 10.1. The van der Waals surface area contributed by atoms with Gasteiger partial charge in [-0.25, -0.2) is 4.98 Å². The Kier molecular flexibility index (Phi) is 4.93. The van der Waals surface area contributed by atoms with Crippen LogP contribution in [0, 0.1) is 0 Å².